The minimum atomic E-state index is -4.35. The fraction of sp³-hybridized carbons (Fsp3) is 0.588. The molecule has 2 N–H and O–H groups in total. The van der Waals surface area contributed by atoms with Gasteiger partial charge in [-0.3, -0.25) is 4.79 Å². The van der Waals surface area contributed by atoms with Crippen LogP contribution in [0.1, 0.15) is 30.4 Å². The Labute approximate surface area is 150 Å². The monoisotopic (exact) mass is 378 g/mol. The van der Waals surface area contributed by atoms with Crippen molar-refractivity contribution < 1.29 is 22.7 Å². The quantitative estimate of drug-likeness (QED) is 0.828. The van der Waals surface area contributed by atoms with Crippen LogP contribution in [-0.2, 0) is 21.1 Å². The summed E-state index contributed by atoms with van der Waals surface area (Å²) in [5.74, 6) is -0.101. The number of carbonyl (C=O) groups is 1. The molecule has 140 valence electrons. The average Bonchev–Trinajstić information content (AvgIpc) is 3.35. The highest BCUT2D eigenvalue weighted by Gasteiger charge is 2.45. The molecule has 1 aromatic rings. The van der Waals surface area contributed by atoms with Gasteiger partial charge in [0.1, 0.15) is 0 Å². The van der Waals surface area contributed by atoms with Gasteiger partial charge in [-0.2, -0.15) is 13.2 Å². The standard InChI is InChI=1S/C17H21F3N2O2.ClH/c18-17(19,20)13-3-1-2-12(8-13)16(4-5-16)11-22-15(23)9-14-10-24-7-6-21-14;/h1-3,8,14,21H,4-7,9-11H2,(H,22,23);1H. The van der Waals surface area contributed by atoms with E-state index in [0.29, 0.717) is 31.7 Å². The Morgan fingerprint density at radius 1 is 1.36 bits per heavy atom. The first kappa shape index (κ1) is 20.0. The van der Waals surface area contributed by atoms with Crippen molar-refractivity contribution in [2.24, 2.45) is 0 Å². The molecule has 1 aliphatic heterocycles. The number of hydrogen-bond acceptors (Lipinski definition) is 3. The van der Waals surface area contributed by atoms with Gasteiger partial charge in [0, 0.05) is 31.0 Å². The molecule has 25 heavy (non-hydrogen) atoms. The van der Waals surface area contributed by atoms with E-state index in [4.69, 9.17) is 4.74 Å². The molecule has 1 heterocycles. The van der Waals surface area contributed by atoms with Crippen LogP contribution in [0.25, 0.3) is 0 Å². The van der Waals surface area contributed by atoms with Crippen molar-refractivity contribution in [3.8, 4) is 0 Å². The first-order valence-electron chi connectivity index (χ1n) is 8.15. The molecule has 1 saturated carbocycles. The molecule has 1 amide bonds. The zero-order chi connectivity index (χ0) is 17.2. The Bertz CT molecular complexity index is 600. The first-order valence-corrected chi connectivity index (χ1v) is 8.15. The lowest BCUT2D eigenvalue weighted by molar-refractivity contribution is -0.137. The second kappa shape index (κ2) is 7.93. The minimum absolute atomic E-state index is 0. The number of morpholine rings is 1. The number of hydrogen-bond donors (Lipinski definition) is 2. The van der Waals surface area contributed by atoms with Gasteiger partial charge in [-0.05, 0) is 24.5 Å². The van der Waals surface area contributed by atoms with Crippen LogP contribution in [0, 0.1) is 0 Å². The predicted octanol–water partition coefficient (Wildman–Crippen LogP) is 2.65. The smallest absolute Gasteiger partial charge is 0.378 e. The molecule has 2 aliphatic rings. The third-order valence-electron chi connectivity index (χ3n) is 4.71. The van der Waals surface area contributed by atoms with Crippen LogP contribution < -0.4 is 10.6 Å². The molecule has 1 aliphatic carbocycles. The Morgan fingerprint density at radius 3 is 2.72 bits per heavy atom. The fourth-order valence-electron chi connectivity index (χ4n) is 3.06. The first-order chi connectivity index (χ1) is 11.4. The van der Waals surface area contributed by atoms with E-state index in [9.17, 15) is 18.0 Å². The molecule has 0 radical (unpaired) electrons. The van der Waals surface area contributed by atoms with E-state index >= 15 is 0 Å². The molecule has 1 aromatic carbocycles. The van der Waals surface area contributed by atoms with E-state index in [-0.39, 0.29) is 29.8 Å². The van der Waals surface area contributed by atoms with E-state index in [0.717, 1.165) is 25.5 Å². The second-order valence-electron chi connectivity index (χ2n) is 6.57. The van der Waals surface area contributed by atoms with Crippen LogP contribution >= 0.6 is 12.4 Å². The van der Waals surface area contributed by atoms with Crippen LogP contribution in [0.15, 0.2) is 24.3 Å². The van der Waals surface area contributed by atoms with Crippen LogP contribution in [-0.4, -0.2) is 38.3 Å². The average molecular weight is 379 g/mol. The summed E-state index contributed by atoms with van der Waals surface area (Å²) in [6.45, 7) is 2.26. The molecule has 1 unspecified atom stereocenters. The van der Waals surface area contributed by atoms with Gasteiger partial charge in [-0.15, -0.1) is 12.4 Å². The van der Waals surface area contributed by atoms with Crippen molar-refractivity contribution in [2.45, 2.75) is 36.9 Å². The number of alkyl halides is 3. The number of rotatable bonds is 5. The molecular formula is C17H22ClF3N2O2. The van der Waals surface area contributed by atoms with Gasteiger partial charge in [0.2, 0.25) is 5.91 Å². The van der Waals surface area contributed by atoms with Gasteiger partial charge in [0.25, 0.3) is 0 Å². The lowest BCUT2D eigenvalue weighted by Gasteiger charge is -2.24. The number of nitrogens with one attached hydrogen (secondary N) is 2. The van der Waals surface area contributed by atoms with E-state index in [1.165, 1.54) is 12.1 Å². The van der Waals surface area contributed by atoms with Gasteiger partial charge in [0.15, 0.2) is 0 Å². The molecule has 0 aromatic heterocycles. The third kappa shape index (κ3) is 5.09. The largest absolute Gasteiger partial charge is 0.416 e. The summed E-state index contributed by atoms with van der Waals surface area (Å²) in [5.41, 5.74) is -0.342. The van der Waals surface area contributed by atoms with E-state index in [2.05, 4.69) is 10.6 Å². The van der Waals surface area contributed by atoms with Gasteiger partial charge >= 0.3 is 6.18 Å². The summed E-state index contributed by atoms with van der Waals surface area (Å²) < 4.78 is 43.9. The van der Waals surface area contributed by atoms with Gasteiger partial charge in [-0.1, -0.05) is 18.2 Å². The maximum Gasteiger partial charge on any atom is 0.416 e. The summed E-state index contributed by atoms with van der Waals surface area (Å²) in [4.78, 5) is 12.1. The second-order valence-corrected chi connectivity index (χ2v) is 6.57. The Balaban J connectivity index is 0.00000225. The van der Waals surface area contributed by atoms with E-state index < -0.39 is 11.7 Å². The summed E-state index contributed by atoms with van der Waals surface area (Å²) in [6, 6.07) is 5.43. The van der Waals surface area contributed by atoms with Crippen LogP contribution in [0.3, 0.4) is 0 Å². The highest BCUT2D eigenvalue weighted by molar-refractivity contribution is 5.85. The van der Waals surface area contributed by atoms with Crippen molar-refractivity contribution in [3.05, 3.63) is 35.4 Å². The predicted molar refractivity (Wildman–Crippen MR) is 89.8 cm³/mol. The van der Waals surface area contributed by atoms with Crippen molar-refractivity contribution in [2.75, 3.05) is 26.3 Å². The summed E-state index contributed by atoms with van der Waals surface area (Å²) in [6.07, 6.45) is -2.45. The normalized spacial score (nSPS) is 22.0. The van der Waals surface area contributed by atoms with E-state index in [1.54, 1.807) is 6.07 Å². The third-order valence-corrected chi connectivity index (χ3v) is 4.71. The molecule has 0 spiro atoms. The fourth-order valence-corrected chi connectivity index (χ4v) is 3.06. The zero-order valence-electron chi connectivity index (χ0n) is 13.7. The molecule has 2 fully saturated rings. The number of amides is 1. The highest BCUT2D eigenvalue weighted by Crippen LogP contribution is 2.48. The highest BCUT2D eigenvalue weighted by atomic mass is 35.5. The number of carbonyl (C=O) groups excluding carboxylic acids is 1. The van der Waals surface area contributed by atoms with Crippen molar-refractivity contribution in [1.82, 2.24) is 10.6 Å². The Morgan fingerprint density at radius 2 is 2.12 bits per heavy atom. The molecular weight excluding hydrogens is 357 g/mol. The maximum atomic E-state index is 12.9. The number of halogens is 4. The molecule has 1 atom stereocenters. The van der Waals surface area contributed by atoms with Crippen LogP contribution in [0.5, 0.6) is 0 Å². The lowest BCUT2D eigenvalue weighted by atomic mass is 9.94. The Hall–Kier alpha value is -1.31. The van der Waals surface area contributed by atoms with Gasteiger partial charge in [-0.25, -0.2) is 0 Å². The SMILES string of the molecule is Cl.O=C(CC1COCCN1)NCC1(c2cccc(C(F)(F)F)c2)CC1. The minimum Gasteiger partial charge on any atom is -0.378 e. The number of ether oxygens (including phenoxy) is 1. The molecule has 4 nitrogen and oxygen atoms in total. The van der Waals surface area contributed by atoms with Crippen LogP contribution in [0.4, 0.5) is 13.2 Å². The molecule has 8 heteroatoms. The van der Waals surface area contributed by atoms with Crippen molar-refractivity contribution >= 4 is 18.3 Å². The van der Waals surface area contributed by atoms with E-state index in [1.807, 2.05) is 0 Å². The number of benzene rings is 1. The topological polar surface area (TPSA) is 50.4 Å². The van der Waals surface area contributed by atoms with Gasteiger partial charge in [0.05, 0.1) is 18.8 Å². The molecule has 3 rings (SSSR count). The summed E-state index contributed by atoms with van der Waals surface area (Å²) >= 11 is 0. The van der Waals surface area contributed by atoms with Gasteiger partial charge < -0.3 is 15.4 Å². The lowest BCUT2D eigenvalue weighted by Crippen LogP contribution is -2.45. The zero-order valence-corrected chi connectivity index (χ0v) is 14.5. The maximum absolute atomic E-state index is 12.9. The Kier molecular flexibility index (Phi) is 6.35. The summed E-state index contributed by atoms with van der Waals surface area (Å²) in [5, 5.41) is 6.08. The molecule has 0 bridgehead atoms. The van der Waals surface area contributed by atoms with Crippen LogP contribution in [0.2, 0.25) is 0 Å². The molecule has 1 saturated heterocycles. The summed E-state index contributed by atoms with van der Waals surface area (Å²) in [7, 11) is 0. The van der Waals surface area contributed by atoms with Crippen molar-refractivity contribution in [3.63, 3.8) is 0 Å². The van der Waals surface area contributed by atoms with Crippen molar-refractivity contribution in [1.29, 1.82) is 0 Å².